The van der Waals surface area contributed by atoms with E-state index in [0.717, 1.165) is 17.3 Å². The van der Waals surface area contributed by atoms with E-state index in [2.05, 4.69) is 46.7 Å². The highest BCUT2D eigenvalue weighted by atomic mass is 79.9. The molecule has 0 radical (unpaired) electrons. The highest BCUT2D eigenvalue weighted by Crippen LogP contribution is 2.15. The number of hydrogen-bond donors (Lipinski definition) is 0. The molecule has 0 N–H and O–H groups in total. The van der Waals surface area contributed by atoms with Gasteiger partial charge in [0.15, 0.2) is 0 Å². The van der Waals surface area contributed by atoms with Crippen LogP contribution in [-0.2, 0) is 0 Å². The van der Waals surface area contributed by atoms with Crippen molar-refractivity contribution in [2.75, 3.05) is 39.1 Å². The van der Waals surface area contributed by atoms with E-state index in [4.69, 9.17) is 0 Å². The Kier molecular flexibility index (Phi) is 5.42. The first-order chi connectivity index (χ1) is 6.63. The van der Waals surface area contributed by atoms with Crippen LogP contribution in [0.5, 0.6) is 0 Å². The Morgan fingerprint density at radius 2 is 2.29 bits per heavy atom. The lowest BCUT2D eigenvalue weighted by Crippen LogP contribution is -2.38. The molecule has 0 saturated carbocycles. The fourth-order valence-electron chi connectivity index (χ4n) is 2.23. The van der Waals surface area contributed by atoms with Gasteiger partial charge in [0.05, 0.1) is 0 Å². The van der Waals surface area contributed by atoms with Gasteiger partial charge in [0.25, 0.3) is 0 Å². The third kappa shape index (κ3) is 3.87. The Labute approximate surface area is 96.8 Å². The third-order valence-electron chi connectivity index (χ3n) is 3.08. The molecule has 1 aliphatic rings. The van der Waals surface area contributed by atoms with Crippen LogP contribution >= 0.6 is 15.9 Å². The molecule has 0 aromatic carbocycles. The zero-order chi connectivity index (χ0) is 10.6. The van der Waals surface area contributed by atoms with Crippen LogP contribution in [0, 0.1) is 5.92 Å². The molecule has 0 amide bonds. The molecule has 2 unspecified atom stereocenters. The van der Waals surface area contributed by atoms with Crippen LogP contribution in [0.3, 0.4) is 0 Å². The van der Waals surface area contributed by atoms with E-state index >= 15 is 0 Å². The SMILES string of the molecule is CC(CBr)CN(C)CC1CCCN1C. The van der Waals surface area contributed by atoms with Gasteiger partial charge in [-0.2, -0.15) is 0 Å². The summed E-state index contributed by atoms with van der Waals surface area (Å²) >= 11 is 3.53. The molecular weight excluding hydrogens is 240 g/mol. The van der Waals surface area contributed by atoms with E-state index in [9.17, 15) is 0 Å². The summed E-state index contributed by atoms with van der Waals surface area (Å²) in [5.74, 6) is 0.756. The summed E-state index contributed by atoms with van der Waals surface area (Å²) in [6.07, 6.45) is 2.76. The van der Waals surface area contributed by atoms with Gasteiger partial charge in [-0.1, -0.05) is 22.9 Å². The molecule has 2 atom stereocenters. The van der Waals surface area contributed by atoms with Crippen LogP contribution < -0.4 is 0 Å². The number of halogens is 1. The maximum Gasteiger partial charge on any atom is 0.0220 e. The number of likely N-dealkylation sites (tertiary alicyclic amines) is 1. The highest BCUT2D eigenvalue weighted by molar-refractivity contribution is 9.09. The summed E-state index contributed by atoms with van der Waals surface area (Å²) in [6, 6.07) is 0.794. The molecule has 3 heteroatoms. The van der Waals surface area contributed by atoms with E-state index < -0.39 is 0 Å². The summed E-state index contributed by atoms with van der Waals surface area (Å²) in [6.45, 7) is 6.01. The lowest BCUT2D eigenvalue weighted by molar-refractivity contribution is 0.207. The van der Waals surface area contributed by atoms with Crippen LogP contribution in [0.1, 0.15) is 19.8 Å². The lowest BCUT2D eigenvalue weighted by Gasteiger charge is -2.27. The van der Waals surface area contributed by atoms with E-state index in [-0.39, 0.29) is 0 Å². The summed E-state index contributed by atoms with van der Waals surface area (Å²) in [5, 5.41) is 1.11. The summed E-state index contributed by atoms with van der Waals surface area (Å²) in [7, 11) is 4.49. The van der Waals surface area contributed by atoms with Gasteiger partial charge in [-0.15, -0.1) is 0 Å². The molecule has 0 aliphatic carbocycles. The summed E-state index contributed by atoms with van der Waals surface area (Å²) < 4.78 is 0. The van der Waals surface area contributed by atoms with Gasteiger partial charge in [0.2, 0.25) is 0 Å². The van der Waals surface area contributed by atoms with Crippen molar-refractivity contribution in [3.05, 3.63) is 0 Å². The fourth-order valence-corrected chi connectivity index (χ4v) is 2.43. The summed E-state index contributed by atoms with van der Waals surface area (Å²) in [4.78, 5) is 4.97. The van der Waals surface area contributed by atoms with Crippen LogP contribution in [0.4, 0.5) is 0 Å². The Hall–Kier alpha value is 0.400. The maximum atomic E-state index is 3.53. The molecule has 14 heavy (non-hydrogen) atoms. The Morgan fingerprint density at radius 1 is 1.57 bits per heavy atom. The number of rotatable bonds is 5. The minimum absolute atomic E-state index is 0.756. The van der Waals surface area contributed by atoms with Crippen molar-refractivity contribution in [2.45, 2.75) is 25.8 Å². The lowest BCUT2D eigenvalue weighted by atomic mass is 10.1. The molecule has 0 aromatic heterocycles. The first-order valence-electron chi connectivity index (χ1n) is 5.58. The van der Waals surface area contributed by atoms with Crippen LogP contribution in [0.2, 0.25) is 0 Å². The minimum Gasteiger partial charge on any atom is -0.305 e. The van der Waals surface area contributed by atoms with Gasteiger partial charge in [-0.3, -0.25) is 0 Å². The van der Waals surface area contributed by atoms with Crippen LogP contribution in [-0.4, -0.2) is 54.9 Å². The number of hydrogen-bond acceptors (Lipinski definition) is 2. The Morgan fingerprint density at radius 3 is 2.79 bits per heavy atom. The molecule has 0 spiro atoms. The van der Waals surface area contributed by atoms with Crippen LogP contribution in [0.15, 0.2) is 0 Å². The van der Waals surface area contributed by atoms with Crippen molar-refractivity contribution in [2.24, 2.45) is 5.92 Å². The Balaban J connectivity index is 2.22. The number of likely N-dealkylation sites (N-methyl/N-ethyl adjacent to an activating group) is 2. The first kappa shape index (κ1) is 12.5. The predicted molar refractivity (Wildman–Crippen MR) is 66.1 cm³/mol. The average Bonchev–Trinajstić information content (AvgIpc) is 2.51. The number of nitrogens with zero attached hydrogens (tertiary/aromatic N) is 2. The van der Waals surface area contributed by atoms with E-state index in [1.165, 1.54) is 32.5 Å². The fraction of sp³-hybridized carbons (Fsp3) is 1.00. The molecule has 1 heterocycles. The molecular formula is C11H23BrN2. The van der Waals surface area contributed by atoms with E-state index in [1.807, 2.05) is 0 Å². The van der Waals surface area contributed by atoms with Crippen LogP contribution in [0.25, 0.3) is 0 Å². The van der Waals surface area contributed by atoms with Gasteiger partial charge in [0.1, 0.15) is 0 Å². The molecule has 2 nitrogen and oxygen atoms in total. The van der Waals surface area contributed by atoms with Gasteiger partial charge in [0, 0.05) is 24.5 Å². The standard InChI is InChI=1S/C11H23BrN2/c1-10(7-12)8-13(2)9-11-5-4-6-14(11)3/h10-11H,4-9H2,1-3H3. The normalized spacial score (nSPS) is 25.9. The van der Waals surface area contributed by atoms with Crippen molar-refractivity contribution >= 4 is 15.9 Å². The van der Waals surface area contributed by atoms with Gasteiger partial charge in [-0.05, 0) is 39.4 Å². The molecule has 1 fully saturated rings. The quantitative estimate of drug-likeness (QED) is 0.700. The van der Waals surface area contributed by atoms with E-state index in [0.29, 0.717) is 0 Å². The molecule has 84 valence electrons. The zero-order valence-corrected chi connectivity index (χ0v) is 11.3. The third-order valence-corrected chi connectivity index (χ3v) is 4.19. The second kappa shape index (κ2) is 6.09. The molecule has 1 aliphatic heterocycles. The van der Waals surface area contributed by atoms with Crippen molar-refractivity contribution in [3.63, 3.8) is 0 Å². The van der Waals surface area contributed by atoms with E-state index in [1.54, 1.807) is 0 Å². The molecule has 0 aromatic rings. The monoisotopic (exact) mass is 262 g/mol. The second-order valence-electron chi connectivity index (χ2n) is 4.76. The topological polar surface area (TPSA) is 6.48 Å². The van der Waals surface area contributed by atoms with Crippen molar-refractivity contribution in [1.82, 2.24) is 9.80 Å². The van der Waals surface area contributed by atoms with Crippen molar-refractivity contribution < 1.29 is 0 Å². The Bertz CT molecular complexity index is 163. The zero-order valence-electron chi connectivity index (χ0n) is 9.67. The summed E-state index contributed by atoms with van der Waals surface area (Å²) in [5.41, 5.74) is 0. The largest absolute Gasteiger partial charge is 0.305 e. The molecule has 0 bridgehead atoms. The second-order valence-corrected chi connectivity index (χ2v) is 5.40. The molecule has 1 saturated heterocycles. The average molecular weight is 263 g/mol. The molecule has 1 rings (SSSR count). The van der Waals surface area contributed by atoms with Gasteiger partial charge >= 0.3 is 0 Å². The maximum absolute atomic E-state index is 3.53. The first-order valence-corrected chi connectivity index (χ1v) is 6.70. The smallest absolute Gasteiger partial charge is 0.0220 e. The minimum atomic E-state index is 0.756. The van der Waals surface area contributed by atoms with Gasteiger partial charge in [-0.25, -0.2) is 0 Å². The van der Waals surface area contributed by atoms with Gasteiger partial charge < -0.3 is 9.80 Å². The van der Waals surface area contributed by atoms with Crippen molar-refractivity contribution in [1.29, 1.82) is 0 Å². The number of alkyl halides is 1. The van der Waals surface area contributed by atoms with Crippen molar-refractivity contribution in [3.8, 4) is 0 Å². The highest BCUT2D eigenvalue weighted by Gasteiger charge is 2.22. The predicted octanol–water partition coefficient (Wildman–Crippen LogP) is 2.04.